The Bertz CT molecular complexity index is 400. The van der Waals surface area contributed by atoms with Crippen LogP contribution in [0.1, 0.15) is 24.2 Å². The van der Waals surface area contributed by atoms with Crippen molar-refractivity contribution in [3.05, 3.63) is 22.6 Å². The van der Waals surface area contributed by atoms with Crippen molar-refractivity contribution in [3.8, 4) is 0 Å². The number of carbonyl (C=O) groups excluding carboxylic acids is 1. The third-order valence-corrected chi connectivity index (χ3v) is 3.12. The lowest BCUT2D eigenvalue weighted by atomic mass is 10.0. The fourth-order valence-electron chi connectivity index (χ4n) is 1.81. The van der Waals surface area contributed by atoms with E-state index in [2.05, 4.69) is 15.9 Å². The molecule has 5 heteroatoms. The second kappa shape index (κ2) is 4.22. The Morgan fingerprint density at radius 1 is 1.56 bits per heavy atom. The van der Waals surface area contributed by atoms with E-state index >= 15 is 0 Å². The fourth-order valence-corrected chi connectivity index (χ4v) is 2.15. The lowest BCUT2D eigenvalue weighted by Crippen LogP contribution is -2.55. The van der Waals surface area contributed by atoms with Crippen LogP contribution in [0.15, 0.2) is 21.4 Å². The van der Waals surface area contributed by atoms with Crippen molar-refractivity contribution < 1.29 is 13.9 Å². The van der Waals surface area contributed by atoms with Crippen molar-refractivity contribution in [1.29, 1.82) is 0 Å². The first-order valence-corrected chi connectivity index (χ1v) is 5.94. The Morgan fingerprint density at radius 2 is 2.31 bits per heavy atom. The summed E-state index contributed by atoms with van der Waals surface area (Å²) in [6.07, 6.45) is 1.47. The monoisotopic (exact) mass is 287 g/mol. The molecule has 2 rings (SSSR count). The second-order valence-electron chi connectivity index (χ2n) is 4.46. The van der Waals surface area contributed by atoms with Crippen molar-refractivity contribution in [3.63, 3.8) is 0 Å². The molecule has 0 atom stereocenters. The highest BCUT2D eigenvalue weighted by molar-refractivity contribution is 9.10. The molecule has 0 aliphatic carbocycles. The van der Waals surface area contributed by atoms with Crippen molar-refractivity contribution in [1.82, 2.24) is 4.90 Å². The molecule has 0 N–H and O–H groups in total. The topological polar surface area (TPSA) is 42.7 Å². The van der Waals surface area contributed by atoms with E-state index < -0.39 is 0 Å². The zero-order valence-electron chi connectivity index (χ0n) is 9.33. The Labute approximate surface area is 103 Å². The number of ether oxygens (including phenoxy) is 1. The highest BCUT2D eigenvalue weighted by atomic mass is 79.9. The van der Waals surface area contributed by atoms with Gasteiger partial charge in [0.05, 0.1) is 24.3 Å². The van der Waals surface area contributed by atoms with Gasteiger partial charge in [-0.15, -0.1) is 0 Å². The van der Waals surface area contributed by atoms with Gasteiger partial charge in [0, 0.05) is 12.6 Å². The van der Waals surface area contributed by atoms with Gasteiger partial charge in [0.2, 0.25) is 0 Å². The van der Waals surface area contributed by atoms with E-state index in [1.165, 1.54) is 6.26 Å². The maximum atomic E-state index is 12.2. The van der Waals surface area contributed by atoms with Gasteiger partial charge >= 0.3 is 0 Å². The van der Waals surface area contributed by atoms with Gasteiger partial charge in [0.15, 0.2) is 4.67 Å². The SMILES string of the molecule is CC1(C)COCCN1C(=O)c1coc(Br)c1. The summed E-state index contributed by atoms with van der Waals surface area (Å²) in [4.78, 5) is 14.0. The van der Waals surface area contributed by atoms with Crippen LogP contribution in [0.2, 0.25) is 0 Å². The standard InChI is InChI=1S/C11H14BrNO3/c1-11(2)7-15-4-3-13(11)10(14)8-5-9(12)16-6-8/h5-6H,3-4,7H2,1-2H3. The van der Waals surface area contributed by atoms with Crippen LogP contribution in [0.4, 0.5) is 0 Å². The largest absolute Gasteiger partial charge is 0.457 e. The normalized spacial score (nSPS) is 19.8. The van der Waals surface area contributed by atoms with Crippen LogP contribution in [-0.4, -0.2) is 36.1 Å². The summed E-state index contributed by atoms with van der Waals surface area (Å²) in [6, 6.07) is 1.69. The van der Waals surface area contributed by atoms with Gasteiger partial charge in [-0.05, 0) is 29.8 Å². The minimum absolute atomic E-state index is 0.0113. The first-order chi connectivity index (χ1) is 7.50. The van der Waals surface area contributed by atoms with Crippen molar-refractivity contribution in [2.24, 2.45) is 0 Å². The maximum Gasteiger partial charge on any atom is 0.257 e. The predicted molar refractivity (Wildman–Crippen MR) is 62.3 cm³/mol. The molecule has 0 spiro atoms. The molecule has 1 saturated heterocycles. The number of hydrogen-bond donors (Lipinski definition) is 0. The molecule has 4 nitrogen and oxygen atoms in total. The molecule has 16 heavy (non-hydrogen) atoms. The fraction of sp³-hybridized carbons (Fsp3) is 0.545. The molecule has 0 unspecified atom stereocenters. The summed E-state index contributed by atoms with van der Waals surface area (Å²) in [5.74, 6) is -0.0113. The number of rotatable bonds is 1. The van der Waals surface area contributed by atoms with E-state index in [0.717, 1.165) is 0 Å². The molecule has 88 valence electrons. The number of nitrogens with zero attached hydrogens (tertiary/aromatic N) is 1. The lowest BCUT2D eigenvalue weighted by Gasteiger charge is -2.41. The van der Waals surface area contributed by atoms with E-state index in [4.69, 9.17) is 9.15 Å². The Morgan fingerprint density at radius 3 is 2.88 bits per heavy atom. The summed E-state index contributed by atoms with van der Waals surface area (Å²) in [5, 5.41) is 0. The van der Waals surface area contributed by atoms with Crippen LogP contribution < -0.4 is 0 Å². The van der Waals surface area contributed by atoms with E-state index in [9.17, 15) is 4.79 Å². The maximum absolute atomic E-state index is 12.2. The average molecular weight is 288 g/mol. The number of morpholine rings is 1. The Kier molecular flexibility index (Phi) is 3.08. The third kappa shape index (κ3) is 2.15. The molecule has 1 aromatic rings. The molecule has 1 aromatic heterocycles. The number of carbonyl (C=O) groups is 1. The zero-order valence-corrected chi connectivity index (χ0v) is 10.9. The van der Waals surface area contributed by atoms with Crippen molar-refractivity contribution >= 4 is 21.8 Å². The minimum Gasteiger partial charge on any atom is -0.457 e. The van der Waals surface area contributed by atoms with E-state index in [1.54, 1.807) is 6.07 Å². The summed E-state index contributed by atoms with van der Waals surface area (Å²) < 4.78 is 11.0. The molecule has 1 fully saturated rings. The number of halogens is 1. The smallest absolute Gasteiger partial charge is 0.257 e. The molecule has 1 amide bonds. The molecule has 1 aliphatic heterocycles. The molecular formula is C11H14BrNO3. The van der Waals surface area contributed by atoms with Crippen molar-refractivity contribution in [2.45, 2.75) is 19.4 Å². The third-order valence-electron chi connectivity index (χ3n) is 2.70. The van der Waals surface area contributed by atoms with Crippen LogP contribution in [0, 0.1) is 0 Å². The quantitative estimate of drug-likeness (QED) is 0.796. The van der Waals surface area contributed by atoms with Gasteiger partial charge in [0.1, 0.15) is 6.26 Å². The van der Waals surface area contributed by atoms with Gasteiger partial charge in [-0.25, -0.2) is 0 Å². The molecule has 0 aromatic carbocycles. The van der Waals surface area contributed by atoms with Gasteiger partial charge in [-0.3, -0.25) is 4.79 Å². The van der Waals surface area contributed by atoms with Crippen LogP contribution >= 0.6 is 15.9 Å². The second-order valence-corrected chi connectivity index (χ2v) is 5.24. The first-order valence-electron chi connectivity index (χ1n) is 5.14. The highest BCUT2D eigenvalue weighted by Gasteiger charge is 2.34. The summed E-state index contributed by atoms with van der Waals surface area (Å²) in [5.41, 5.74) is 0.306. The molecule has 2 heterocycles. The molecular weight excluding hydrogens is 274 g/mol. The van der Waals surface area contributed by atoms with Gasteiger partial charge in [-0.1, -0.05) is 0 Å². The van der Waals surface area contributed by atoms with E-state index in [-0.39, 0.29) is 11.4 Å². The van der Waals surface area contributed by atoms with Crippen LogP contribution in [0.25, 0.3) is 0 Å². The number of hydrogen-bond acceptors (Lipinski definition) is 3. The van der Waals surface area contributed by atoms with Crippen LogP contribution in [-0.2, 0) is 4.74 Å². The van der Waals surface area contributed by atoms with Gasteiger partial charge in [0.25, 0.3) is 5.91 Å². The molecule has 0 saturated carbocycles. The van der Waals surface area contributed by atoms with Crippen LogP contribution in [0.5, 0.6) is 0 Å². The minimum atomic E-state index is -0.265. The molecule has 0 bridgehead atoms. The lowest BCUT2D eigenvalue weighted by molar-refractivity contribution is -0.0370. The Hall–Kier alpha value is -0.810. The summed E-state index contributed by atoms with van der Waals surface area (Å²) in [6.45, 7) is 5.78. The zero-order chi connectivity index (χ0) is 11.8. The molecule has 0 radical (unpaired) electrons. The predicted octanol–water partition coefficient (Wildman–Crippen LogP) is 2.29. The average Bonchev–Trinajstić information content (AvgIpc) is 2.63. The van der Waals surface area contributed by atoms with Gasteiger partial charge in [-0.2, -0.15) is 0 Å². The van der Waals surface area contributed by atoms with Crippen molar-refractivity contribution in [2.75, 3.05) is 19.8 Å². The molecule has 1 aliphatic rings. The van der Waals surface area contributed by atoms with E-state index in [1.807, 2.05) is 18.7 Å². The summed E-state index contributed by atoms with van der Waals surface area (Å²) in [7, 11) is 0. The van der Waals surface area contributed by atoms with Gasteiger partial charge < -0.3 is 14.1 Å². The van der Waals surface area contributed by atoms with Crippen LogP contribution in [0.3, 0.4) is 0 Å². The highest BCUT2D eigenvalue weighted by Crippen LogP contribution is 2.23. The van der Waals surface area contributed by atoms with E-state index in [0.29, 0.717) is 30.0 Å². The Balaban J connectivity index is 2.20. The summed E-state index contributed by atoms with van der Waals surface area (Å²) >= 11 is 3.19. The number of furan rings is 1. The number of amides is 1. The first kappa shape index (κ1) is 11.7.